The zero-order valence-corrected chi connectivity index (χ0v) is 9.83. The Morgan fingerprint density at radius 2 is 1.87 bits per heavy atom. The van der Waals surface area contributed by atoms with Crippen LogP contribution in [0.2, 0.25) is 0 Å². The molecule has 2 aromatic rings. The number of nitrogens with zero attached hydrogens (tertiary/aromatic N) is 1. The van der Waals surface area contributed by atoms with E-state index in [-0.39, 0.29) is 5.54 Å². The second-order valence-electron chi connectivity index (χ2n) is 5.08. The number of anilines is 1. The SMILES string of the molecule is Cn1ccc2ccc(NC(C)(C)C)cc21. The van der Waals surface area contributed by atoms with E-state index < -0.39 is 0 Å². The Labute approximate surface area is 90.9 Å². The molecule has 0 aliphatic rings. The van der Waals surface area contributed by atoms with E-state index in [0.29, 0.717) is 0 Å². The van der Waals surface area contributed by atoms with Gasteiger partial charge < -0.3 is 9.88 Å². The summed E-state index contributed by atoms with van der Waals surface area (Å²) in [5, 5.41) is 4.77. The Morgan fingerprint density at radius 3 is 2.53 bits per heavy atom. The highest BCUT2D eigenvalue weighted by atomic mass is 15.0. The van der Waals surface area contributed by atoms with Crippen LogP contribution in [0.5, 0.6) is 0 Å². The summed E-state index contributed by atoms with van der Waals surface area (Å²) >= 11 is 0. The van der Waals surface area contributed by atoms with Crippen molar-refractivity contribution in [1.29, 1.82) is 0 Å². The molecule has 1 aromatic heterocycles. The lowest BCUT2D eigenvalue weighted by Gasteiger charge is -2.22. The summed E-state index contributed by atoms with van der Waals surface area (Å²) in [5.74, 6) is 0. The molecule has 0 unspecified atom stereocenters. The van der Waals surface area contributed by atoms with Crippen molar-refractivity contribution in [3.05, 3.63) is 30.5 Å². The van der Waals surface area contributed by atoms with Gasteiger partial charge >= 0.3 is 0 Å². The van der Waals surface area contributed by atoms with Gasteiger partial charge in [-0.05, 0) is 44.4 Å². The highest BCUT2D eigenvalue weighted by molar-refractivity contribution is 5.83. The second-order valence-corrected chi connectivity index (χ2v) is 5.08. The van der Waals surface area contributed by atoms with Crippen LogP contribution < -0.4 is 5.32 Å². The van der Waals surface area contributed by atoms with Crippen LogP contribution in [0.1, 0.15) is 20.8 Å². The topological polar surface area (TPSA) is 17.0 Å². The summed E-state index contributed by atoms with van der Waals surface area (Å²) in [7, 11) is 2.07. The van der Waals surface area contributed by atoms with E-state index in [1.807, 2.05) is 0 Å². The van der Waals surface area contributed by atoms with Crippen LogP contribution in [0.25, 0.3) is 10.9 Å². The Hall–Kier alpha value is -1.44. The van der Waals surface area contributed by atoms with Crippen molar-refractivity contribution in [3.63, 3.8) is 0 Å². The van der Waals surface area contributed by atoms with E-state index in [1.54, 1.807) is 0 Å². The molecule has 0 spiro atoms. The van der Waals surface area contributed by atoms with E-state index in [4.69, 9.17) is 0 Å². The molecule has 0 aliphatic heterocycles. The summed E-state index contributed by atoms with van der Waals surface area (Å²) in [5.41, 5.74) is 2.56. The maximum Gasteiger partial charge on any atom is 0.0498 e. The number of hydrogen-bond donors (Lipinski definition) is 1. The van der Waals surface area contributed by atoms with Gasteiger partial charge in [-0.15, -0.1) is 0 Å². The molecule has 0 bridgehead atoms. The number of fused-ring (bicyclic) bond motifs is 1. The van der Waals surface area contributed by atoms with Crippen LogP contribution in [0.15, 0.2) is 30.5 Å². The fourth-order valence-corrected chi connectivity index (χ4v) is 1.77. The summed E-state index contributed by atoms with van der Waals surface area (Å²) in [6, 6.07) is 8.62. The van der Waals surface area contributed by atoms with Crippen LogP contribution in [0.4, 0.5) is 5.69 Å². The van der Waals surface area contributed by atoms with Gasteiger partial charge in [0, 0.05) is 30.0 Å². The van der Waals surface area contributed by atoms with Crippen molar-refractivity contribution in [2.24, 2.45) is 7.05 Å². The lowest BCUT2D eigenvalue weighted by atomic mass is 10.1. The summed E-state index contributed by atoms with van der Waals surface area (Å²) in [6.07, 6.45) is 2.09. The van der Waals surface area contributed by atoms with Crippen LogP contribution >= 0.6 is 0 Å². The first-order valence-corrected chi connectivity index (χ1v) is 5.29. The third-order valence-electron chi connectivity index (χ3n) is 2.41. The fraction of sp³-hybridized carbons (Fsp3) is 0.385. The van der Waals surface area contributed by atoms with E-state index in [9.17, 15) is 0 Å². The van der Waals surface area contributed by atoms with Gasteiger partial charge in [0.15, 0.2) is 0 Å². The van der Waals surface area contributed by atoms with Gasteiger partial charge in [-0.25, -0.2) is 0 Å². The van der Waals surface area contributed by atoms with Gasteiger partial charge in [0.2, 0.25) is 0 Å². The molecule has 0 fully saturated rings. The third-order valence-corrected chi connectivity index (χ3v) is 2.41. The second kappa shape index (κ2) is 3.30. The van der Waals surface area contributed by atoms with Crippen molar-refractivity contribution in [3.8, 4) is 0 Å². The minimum absolute atomic E-state index is 0.110. The Morgan fingerprint density at radius 1 is 1.13 bits per heavy atom. The average molecular weight is 202 g/mol. The molecule has 0 atom stereocenters. The zero-order valence-electron chi connectivity index (χ0n) is 9.83. The summed E-state index contributed by atoms with van der Waals surface area (Å²) in [4.78, 5) is 0. The molecule has 0 radical (unpaired) electrons. The monoisotopic (exact) mass is 202 g/mol. The van der Waals surface area contributed by atoms with E-state index >= 15 is 0 Å². The number of benzene rings is 1. The van der Waals surface area contributed by atoms with Crippen molar-refractivity contribution < 1.29 is 0 Å². The van der Waals surface area contributed by atoms with Crippen molar-refractivity contribution in [2.75, 3.05) is 5.32 Å². The van der Waals surface area contributed by atoms with Crippen LogP contribution in [-0.2, 0) is 7.05 Å². The molecule has 2 heteroatoms. The molecular weight excluding hydrogens is 184 g/mol. The van der Waals surface area contributed by atoms with Gasteiger partial charge in [0.05, 0.1) is 0 Å². The predicted molar refractivity (Wildman–Crippen MR) is 66.3 cm³/mol. The molecule has 1 N–H and O–H groups in total. The lowest BCUT2D eigenvalue weighted by molar-refractivity contribution is 0.634. The largest absolute Gasteiger partial charge is 0.380 e. The standard InChI is InChI=1S/C13H18N2/c1-13(2,3)14-11-6-5-10-7-8-15(4)12(10)9-11/h5-9,14H,1-4H3. The molecule has 2 nitrogen and oxygen atoms in total. The van der Waals surface area contributed by atoms with E-state index in [2.05, 4.69) is 68.2 Å². The van der Waals surface area contributed by atoms with Crippen molar-refractivity contribution in [1.82, 2.24) is 4.57 Å². The number of rotatable bonds is 1. The average Bonchev–Trinajstić information content (AvgIpc) is 2.45. The van der Waals surface area contributed by atoms with Gasteiger partial charge in [-0.3, -0.25) is 0 Å². The van der Waals surface area contributed by atoms with Crippen LogP contribution in [-0.4, -0.2) is 10.1 Å². The molecule has 0 amide bonds. The van der Waals surface area contributed by atoms with Gasteiger partial charge in [0.1, 0.15) is 0 Å². The summed E-state index contributed by atoms with van der Waals surface area (Å²) in [6.45, 7) is 6.51. The molecule has 2 rings (SSSR count). The first-order chi connectivity index (χ1) is 6.96. The third kappa shape index (κ3) is 2.14. The molecule has 1 aromatic carbocycles. The molecule has 15 heavy (non-hydrogen) atoms. The maximum atomic E-state index is 3.48. The Balaban J connectivity index is 2.42. The van der Waals surface area contributed by atoms with Gasteiger partial charge in [-0.1, -0.05) is 6.07 Å². The number of nitrogens with one attached hydrogen (secondary N) is 1. The first kappa shape index (κ1) is 10.1. The number of aryl methyl sites for hydroxylation is 1. The van der Waals surface area contributed by atoms with Crippen LogP contribution in [0, 0.1) is 0 Å². The quantitative estimate of drug-likeness (QED) is 0.750. The molecule has 0 saturated heterocycles. The van der Waals surface area contributed by atoms with E-state index in [1.165, 1.54) is 16.6 Å². The smallest absolute Gasteiger partial charge is 0.0498 e. The molecule has 1 heterocycles. The zero-order chi connectivity index (χ0) is 11.1. The van der Waals surface area contributed by atoms with E-state index in [0.717, 1.165) is 0 Å². The predicted octanol–water partition coefficient (Wildman–Crippen LogP) is 3.39. The summed E-state index contributed by atoms with van der Waals surface area (Å²) < 4.78 is 2.14. The minimum Gasteiger partial charge on any atom is -0.380 e. The fourth-order valence-electron chi connectivity index (χ4n) is 1.77. The highest BCUT2D eigenvalue weighted by Gasteiger charge is 2.09. The van der Waals surface area contributed by atoms with Crippen LogP contribution in [0.3, 0.4) is 0 Å². The molecule has 0 saturated carbocycles. The minimum atomic E-state index is 0.110. The van der Waals surface area contributed by atoms with Crippen molar-refractivity contribution in [2.45, 2.75) is 26.3 Å². The number of hydrogen-bond acceptors (Lipinski definition) is 1. The van der Waals surface area contributed by atoms with Gasteiger partial charge in [-0.2, -0.15) is 0 Å². The number of aromatic nitrogens is 1. The highest BCUT2D eigenvalue weighted by Crippen LogP contribution is 2.21. The normalized spacial score (nSPS) is 12.0. The lowest BCUT2D eigenvalue weighted by Crippen LogP contribution is -2.25. The maximum absolute atomic E-state index is 3.48. The van der Waals surface area contributed by atoms with Gasteiger partial charge in [0.25, 0.3) is 0 Å². The van der Waals surface area contributed by atoms with Crippen molar-refractivity contribution >= 4 is 16.6 Å². The Bertz CT molecular complexity index is 475. The molecular formula is C13H18N2. The first-order valence-electron chi connectivity index (χ1n) is 5.29. The molecule has 80 valence electrons. The molecule has 0 aliphatic carbocycles. The Kier molecular flexibility index (Phi) is 2.22.